The van der Waals surface area contributed by atoms with Gasteiger partial charge >= 0.3 is 6.03 Å². The van der Waals surface area contributed by atoms with E-state index in [2.05, 4.69) is 10.6 Å². The molecular weight excluding hydrogens is 385 g/mol. The number of urea groups is 1. The van der Waals surface area contributed by atoms with Gasteiger partial charge in [-0.1, -0.05) is 36.4 Å². The average molecular weight is 407 g/mol. The van der Waals surface area contributed by atoms with Gasteiger partial charge < -0.3 is 21.1 Å². The van der Waals surface area contributed by atoms with Crippen molar-refractivity contribution in [1.82, 2.24) is 5.32 Å². The topological polar surface area (TPSA) is 93.5 Å². The van der Waals surface area contributed by atoms with Crippen LogP contribution in [0.5, 0.6) is 11.5 Å². The number of nitrogens with two attached hydrogens (primary N) is 1. The number of halogens is 1. The SMILES string of the molecule is Cc1ccc(NC(=O)C[C@@H](NC(N)=O)c2cccc(Oc3ccccc3)c2)cc1F. The van der Waals surface area contributed by atoms with Crippen LogP contribution in [0.4, 0.5) is 14.9 Å². The minimum absolute atomic E-state index is 0.0901. The number of nitrogens with one attached hydrogen (secondary N) is 2. The summed E-state index contributed by atoms with van der Waals surface area (Å²) in [5.74, 6) is 0.404. The van der Waals surface area contributed by atoms with E-state index >= 15 is 0 Å². The molecule has 4 N–H and O–H groups in total. The summed E-state index contributed by atoms with van der Waals surface area (Å²) < 4.78 is 19.5. The van der Waals surface area contributed by atoms with Crippen LogP contribution in [0.25, 0.3) is 0 Å². The summed E-state index contributed by atoms with van der Waals surface area (Å²) >= 11 is 0. The van der Waals surface area contributed by atoms with Gasteiger partial charge in [0.25, 0.3) is 0 Å². The second-order valence-electron chi connectivity index (χ2n) is 6.77. The Labute approximate surface area is 173 Å². The number of aryl methyl sites for hydroxylation is 1. The zero-order valence-electron chi connectivity index (χ0n) is 16.4. The molecule has 0 unspecified atom stereocenters. The number of carbonyl (C=O) groups excluding carboxylic acids is 2. The molecule has 3 aromatic rings. The third kappa shape index (κ3) is 5.81. The Hall–Kier alpha value is -3.87. The Morgan fingerprint density at radius 3 is 2.43 bits per heavy atom. The van der Waals surface area contributed by atoms with Gasteiger partial charge in [-0.3, -0.25) is 4.79 Å². The summed E-state index contributed by atoms with van der Waals surface area (Å²) in [4.78, 5) is 24.0. The van der Waals surface area contributed by atoms with Crippen LogP contribution in [-0.2, 0) is 4.79 Å². The molecule has 0 aliphatic heterocycles. The van der Waals surface area contributed by atoms with Crippen molar-refractivity contribution < 1.29 is 18.7 Å². The van der Waals surface area contributed by atoms with Gasteiger partial charge in [-0.25, -0.2) is 9.18 Å². The number of carbonyl (C=O) groups is 2. The zero-order chi connectivity index (χ0) is 21.5. The molecule has 6 nitrogen and oxygen atoms in total. The van der Waals surface area contributed by atoms with Gasteiger partial charge in [-0.15, -0.1) is 0 Å². The number of benzene rings is 3. The van der Waals surface area contributed by atoms with E-state index in [0.29, 0.717) is 28.3 Å². The van der Waals surface area contributed by atoms with Gasteiger partial charge in [0, 0.05) is 5.69 Å². The second kappa shape index (κ2) is 9.56. The molecule has 0 radical (unpaired) electrons. The number of hydrogen-bond donors (Lipinski definition) is 3. The van der Waals surface area contributed by atoms with Crippen molar-refractivity contribution in [3.63, 3.8) is 0 Å². The quantitative estimate of drug-likeness (QED) is 0.531. The molecular formula is C23H22FN3O3. The van der Waals surface area contributed by atoms with Gasteiger partial charge in [-0.05, 0) is 54.4 Å². The molecule has 7 heteroatoms. The van der Waals surface area contributed by atoms with Gasteiger partial charge in [0.05, 0.1) is 12.5 Å². The molecule has 3 aromatic carbocycles. The number of rotatable bonds is 7. The highest BCUT2D eigenvalue weighted by Gasteiger charge is 2.19. The number of ether oxygens (including phenoxy) is 1. The standard InChI is InChI=1S/C23H22FN3O3/c1-15-10-11-17(13-20(15)24)26-22(28)14-21(27-23(25)29)16-6-5-9-19(12-16)30-18-7-3-2-4-8-18/h2-13,21H,14H2,1H3,(H,26,28)(H3,25,27,29)/t21-/m1/s1. The Balaban J connectivity index is 1.75. The van der Waals surface area contributed by atoms with E-state index in [1.165, 1.54) is 6.07 Å². The van der Waals surface area contributed by atoms with Crippen LogP contribution in [0.2, 0.25) is 0 Å². The lowest BCUT2D eigenvalue weighted by Gasteiger charge is -2.19. The fourth-order valence-corrected chi connectivity index (χ4v) is 2.91. The van der Waals surface area contributed by atoms with Crippen molar-refractivity contribution in [3.05, 3.63) is 89.7 Å². The second-order valence-corrected chi connectivity index (χ2v) is 6.77. The summed E-state index contributed by atoms with van der Waals surface area (Å²) in [5.41, 5.74) is 6.76. The molecule has 0 saturated carbocycles. The first-order valence-electron chi connectivity index (χ1n) is 9.35. The van der Waals surface area contributed by atoms with Crippen molar-refractivity contribution in [2.24, 2.45) is 5.73 Å². The molecule has 30 heavy (non-hydrogen) atoms. The van der Waals surface area contributed by atoms with Crippen LogP contribution in [-0.4, -0.2) is 11.9 Å². The Bertz CT molecular complexity index is 1040. The molecule has 0 heterocycles. The zero-order valence-corrected chi connectivity index (χ0v) is 16.4. The molecule has 0 aliphatic rings. The number of hydrogen-bond acceptors (Lipinski definition) is 3. The Morgan fingerprint density at radius 1 is 1.00 bits per heavy atom. The third-order valence-electron chi connectivity index (χ3n) is 4.40. The van der Waals surface area contributed by atoms with E-state index in [1.54, 1.807) is 43.3 Å². The van der Waals surface area contributed by atoms with Crippen LogP contribution in [0.15, 0.2) is 72.8 Å². The molecule has 0 fully saturated rings. The maximum Gasteiger partial charge on any atom is 0.312 e. The largest absolute Gasteiger partial charge is 0.457 e. The average Bonchev–Trinajstić information content (AvgIpc) is 2.71. The number of amides is 3. The highest BCUT2D eigenvalue weighted by atomic mass is 19.1. The highest BCUT2D eigenvalue weighted by Crippen LogP contribution is 2.26. The molecule has 0 aromatic heterocycles. The lowest BCUT2D eigenvalue weighted by atomic mass is 10.0. The van der Waals surface area contributed by atoms with Crippen LogP contribution < -0.4 is 21.1 Å². The first kappa shape index (κ1) is 20.9. The maximum absolute atomic E-state index is 13.7. The molecule has 3 amide bonds. The normalized spacial score (nSPS) is 11.4. The van der Waals surface area contributed by atoms with Gasteiger partial charge in [0.15, 0.2) is 0 Å². The lowest BCUT2D eigenvalue weighted by molar-refractivity contribution is -0.116. The summed E-state index contributed by atoms with van der Waals surface area (Å²) in [7, 11) is 0. The van der Waals surface area contributed by atoms with E-state index in [1.807, 2.05) is 30.3 Å². The number of anilines is 1. The summed E-state index contributed by atoms with van der Waals surface area (Å²) in [5, 5.41) is 5.21. The minimum atomic E-state index is -0.761. The Morgan fingerprint density at radius 2 is 1.73 bits per heavy atom. The molecule has 0 bridgehead atoms. The summed E-state index contributed by atoms with van der Waals surface area (Å²) in [6, 6.07) is 19.2. The van der Waals surface area contributed by atoms with Crippen LogP contribution in [0.1, 0.15) is 23.6 Å². The van der Waals surface area contributed by atoms with Gasteiger partial charge in [0.2, 0.25) is 5.91 Å². The molecule has 0 saturated heterocycles. The van der Waals surface area contributed by atoms with Crippen LogP contribution >= 0.6 is 0 Å². The minimum Gasteiger partial charge on any atom is -0.457 e. The van der Waals surface area contributed by atoms with Gasteiger partial charge in [-0.2, -0.15) is 0 Å². The smallest absolute Gasteiger partial charge is 0.312 e. The predicted octanol–water partition coefficient (Wildman–Crippen LogP) is 4.66. The van der Waals surface area contributed by atoms with Crippen LogP contribution in [0.3, 0.4) is 0 Å². The van der Waals surface area contributed by atoms with Gasteiger partial charge in [0.1, 0.15) is 17.3 Å². The van der Waals surface area contributed by atoms with E-state index in [0.717, 1.165) is 0 Å². The van der Waals surface area contributed by atoms with Crippen LogP contribution in [0, 0.1) is 12.7 Å². The van der Waals surface area contributed by atoms with Crippen molar-refractivity contribution in [2.75, 3.05) is 5.32 Å². The molecule has 0 aliphatic carbocycles. The molecule has 1 atom stereocenters. The van der Waals surface area contributed by atoms with E-state index in [9.17, 15) is 14.0 Å². The van der Waals surface area contributed by atoms with E-state index in [-0.39, 0.29) is 6.42 Å². The van der Waals surface area contributed by atoms with E-state index < -0.39 is 23.8 Å². The highest BCUT2D eigenvalue weighted by molar-refractivity contribution is 5.91. The molecule has 154 valence electrons. The van der Waals surface area contributed by atoms with Crippen molar-refractivity contribution in [2.45, 2.75) is 19.4 Å². The first-order valence-corrected chi connectivity index (χ1v) is 9.35. The predicted molar refractivity (Wildman–Crippen MR) is 113 cm³/mol. The first-order chi connectivity index (χ1) is 14.4. The monoisotopic (exact) mass is 407 g/mol. The van der Waals surface area contributed by atoms with E-state index in [4.69, 9.17) is 10.5 Å². The molecule has 3 rings (SSSR count). The fourth-order valence-electron chi connectivity index (χ4n) is 2.91. The van der Waals surface area contributed by atoms with Crippen molar-refractivity contribution in [3.8, 4) is 11.5 Å². The maximum atomic E-state index is 13.7. The Kier molecular flexibility index (Phi) is 6.64. The lowest BCUT2D eigenvalue weighted by Crippen LogP contribution is -2.35. The number of primary amides is 1. The van der Waals surface area contributed by atoms with Crippen molar-refractivity contribution in [1.29, 1.82) is 0 Å². The van der Waals surface area contributed by atoms with Crippen molar-refractivity contribution >= 4 is 17.6 Å². The summed E-state index contributed by atoms with van der Waals surface area (Å²) in [6.45, 7) is 1.64. The summed E-state index contributed by atoms with van der Waals surface area (Å²) in [6.07, 6.45) is -0.0901. The molecule has 0 spiro atoms. The third-order valence-corrected chi connectivity index (χ3v) is 4.40. The number of para-hydroxylation sites is 1. The fraction of sp³-hybridized carbons (Fsp3) is 0.130.